The third-order valence-electron chi connectivity index (χ3n) is 2.83. The van der Waals surface area contributed by atoms with E-state index in [9.17, 15) is 9.59 Å². The van der Waals surface area contributed by atoms with Gasteiger partial charge in [-0.3, -0.25) is 14.7 Å². The van der Waals surface area contributed by atoms with Crippen LogP contribution in [0.25, 0.3) is 0 Å². The SMILES string of the molecule is CN=C(NCCN1C(=O)CNC1=O)NCc1ccsc1. The van der Waals surface area contributed by atoms with Crippen LogP contribution in [0.2, 0.25) is 0 Å². The second kappa shape index (κ2) is 6.90. The van der Waals surface area contributed by atoms with Crippen LogP contribution in [0.5, 0.6) is 0 Å². The van der Waals surface area contributed by atoms with Crippen molar-refractivity contribution in [2.45, 2.75) is 6.54 Å². The molecule has 108 valence electrons. The molecule has 0 unspecified atom stereocenters. The Morgan fingerprint density at radius 2 is 2.35 bits per heavy atom. The first-order valence-corrected chi connectivity index (χ1v) is 7.19. The fourth-order valence-electron chi connectivity index (χ4n) is 1.77. The number of carbonyl (C=O) groups is 2. The van der Waals surface area contributed by atoms with Crippen LogP contribution >= 0.6 is 11.3 Å². The number of rotatable bonds is 5. The normalized spacial score (nSPS) is 15.4. The van der Waals surface area contributed by atoms with E-state index in [4.69, 9.17) is 0 Å². The molecule has 0 aliphatic carbocycles. The molecule has 1 aliphatic rings. The van der Waals surface area contributed by atoms with E-state index in [2.05, 4.69) is 26.3 Å². The van der Waals surface area contributed by atoms with Crippen molar-refractivity contribution in [2.24, 2.45) is 4.99 Å². The van der Waals surface area contributed by atoms with Crippen molar-refractivity contribution in [3.05, 3.63) is 22.4 Å². The minimum Gasteiger partial charge on any atom is -0.355 e. The topological polar surface area (TPSA) is 85.8 Å². The van der Waals surface area contributed by atoms with Gasteiger partial charge in [0.05, 0.1) is 6.54 Å². The Labute approximate surface area is 121 Å². The summed E-state index contributed by atoms with van der Waals surface area (Å²) in [6.45, 7) is 1.56. The predicted molar refractivity (Wildman–Crippen MR) is 77.6 cm³/mol. The molecule has 0 spiro atoms. The number of nitrogens with zero attached hydrogens (tertiary/aromatic N) is 2. The molecule has 0 saturated carbocycles. The zero-order valence-corrected chi connectivity index (χ0v) is 12.0. The lowest BCUT2D eigenvalue weighted by molar-refractivity contribution is -0.124. The lowest BCUT2D eigenvalue weighted by atomic mass is 10.3. The van der Waals surface area contributed by atoms with Crippen LogP contribution in [0.4, 0.5) is 4.79 Å². The molecule has 3 amide bonds. The van der Waals surface area contributed by atoms with Crippen molar-refractivity contribution >= 4 is 29.2 Å². The minimum absolute atomic E-state index is 0.0873. The average Bonchev–Trinajstić information content (AvgIpc) is 3.06. The first-order chi connectivity index (χ1) is 9.70. The third kappa shape index (κ3) is 3.70. The number of imide groups is 1. The summed E-state index contributed by atoms with van der Waals surface area (Å²) in [6, 6.07) is 1.70. The smallest absolute Gasteiger partial charge is 0.324 e. The second-order valence-electron chi connectivity index (χ2n) is 4.19. The molecule has 2 heterocycles. The Bertz CT molecular complexity index is 484. The molecule has 1 aliphatic heterocycles. The van der Waals surface area contributed by atoms with Crippen molar-refractivity contribution in [1.82, 2.24) is 20.9 Å². The van der Waals surface area contributed by atoms with E-state index in [1.807, 2.05) is 11.4 Å². The lowest BCUT2D eigenvalue weighted by Gasteiger charge is -2.15. The Hall–Kier alpha value is -2.09. The van der Waals surface area contributed by atoms with E-state index >= 15 is 0 Å². The quantitative estimate of drug-likeness (QED) is 0.404. The summed E-state index contributed by atoms with van der Waals surface area (Å²) in [5, 5.41) is 12.8. The highest BCUT2D eigenvalue weighted by molar-refractivity contribution is 7.07. The molecule has 1 aromatic rings. The van der Waals surface area contributed by atoms with Gasteiger partial charge in [-0.2, -0.15) is 11.3 Å². The Morgan fingerprint density at radius 3 is 2.95 bits per heavy atom. The number of hydrogen-bond donors (Lipinski definition) is 3. The number of hydrogen-bond acceptors (Lipinski definition) is 4. The van der Waals surface area contributed by atoms with Crippen molar-refractivity contribution in [3.63, 3.8) is 0 Å². The fraction of sp³-hybridized carbons (Fsp3) is 0.417. The van der Waals surface area contributed by atoms with Gasteiger partial charge in [-0.15, -0.1) is 0 Å². The largest absolute Gasteiger partial charge is 0.355 e. The average molecular weight is 295 g/mol. The van der Waals surface area contributed by atoms with E-state index in [0.717, 1.165) is 0 Å². The highest BCUT2D eigenvalue weighted by atomic mass is 32.1. The number of aliphatic imine (C=N–C) groups is 1. The maximum Gasteiger partial charge on any atom is 0.324 e. The van der Waals surface area contributed by atoms with Gasteiger partial charge >= 0.3 is 6.03 Å². The van der Waals surface area contributed by atoms with Crippen molar-refractivity contribution < 1.29 is 9.59 Å². The van der Waals surface area contributed by atoms with E-state index in [-0.39, 0.29) is 18.5 Å². The maximum atomic E-state index is 11.4. The summed E-state index contributed by atoms with van der Waals surface area (Å²) in [5.41, 5.74) is 1.19. The van der Waals surface area contributed by atoms with Crippen LogP contribution in [-0.2, 0) is 11.3 Å². The summed E-state index contributed by atoms with van der Waals surface area (Å²) in [7, 11) is 1.68. The zero-order valence-electron chi connectivity index (χ0n) is 11.2. The highest BCUT2D eigenvalue weighted by Crippen LogP contribution is 2.04. The fourth-order valence-corrected chi connectivity index (χ4v) is 2.44. The molecule has 1 fully saturated rings. The number of thiophene rings is 1. The molecule has 0 radical (unpaired) electrons. The zero-order chi connectivity index (χ0) is 14.4. The molecule has 2 rings (SSSR count). The van der Waals surface area contributed by atoms with Gasteiger partial charge in [-0.1, -0.05) is 0 Å². The molecule has 8 heteroatoms. The number of carbonyl (C=O) groups excluding carboxylic acids is 2. The lowest BCUT2D eigenvalue weighted by Crippen LogP contribution is -2.42. The maximum absolute atomic E-state index is 11.4. The molecule has 1 saturated heterocycles. The van der Waals surface area contributed by atoms with Crippen LogP contribution < -0.4 is 16.0 Å². The molecule has 0 atom stereocenters. The van der Waals surface area contributed by atoms with Gasteiger partial charge < -0.3 is 16.0 Å². The highest BCUT2D eigenvalue weighted by Gasteiger charge is 2.27. The van der Waals surface area contributed by atoms with Crippen molar-refractivity contribution in [2.75, 3.05) is 26.7 Å². The number of guanidine groups is 1. The van der Waals surface area contributed by atoms with E-state index in [0.29, 0.717) is 25.6 Å². The Balaban J connectivity index is 1.71. The molecule has 0 aromatic carbocycles. The van der Waals surface area contributed by atoms with Crippen molar-refractivity contribution in [1.29, 1.82) is 0 Å². The Kier molecular flexibility index (Phi) is 4.94. The number of amides is 3. The Morgan fingerprint density at radius 1 is 1.50 bits per heavy atom. The molecule has 7 nitrogen and oxygen atoms in total. The van der Waals surface area contributed by atoms with Crippen LogP contribution in [0.1, 0.15) is 5.56 Å². The van der Waals surface area contributed by atoms with E-state index in [1.165, 1.54) is 10.5 Å². The van der Waals surface area contributed by atoms with Gasteiger partial charge in [0, 0.05) is 26.7 Å². The van der Waals surface area contributed by atoms with Gasteiger partial charge in [0.2, 0.25) is 5.91 Å². The monoisotopic (exact) mass is 295 g/mol. The van der Waals surface area contributed by atoms with E-state index in [1.54, 1.807) is 18.4 Å². The summed E-state index contributed by atoms with van der Waals surface area (Å²) in [6.07, 6.45) is 0. The van der Waals surface area contributed by atoms with Crippen LogP contribution in [-0.4, -0.2) is 49.5 Å². The molecular formula is C12H17N5O2S. The van der Waals surface area contributed by atoms with Gasteiger partial charge in [-0.25, -0.2) is 4.79 Å². The first-order valence-electron chi connectivity index (χ1n) is 6.24. The summed E-state index contributed by atoms with van der Waals surface area (Å²) in [4.78, 5) is 28.0. The van der Waals surface area contributed by atoms with Crippen molar-refractivity contribution in [3.8, 4) is 0 Å². The van der Waals surface area contributed by atoms with Gasteiger partial charge in [0.1, 0.15) is 0 Å². The number of urea groups is 1. The van der Waals surface area contributed by atoms with E-state index < -0.39 is 0 Å². The standard InChI is InChI=1S/C12H17N5O2S/c1-13-11(15-6-9-2-5-20-8-9)14-3-4-17-10(18)7-16-12(17)19/h2,5,8H,3-4,6-7H2,1H3,(H,16,19)(H2,13,14,15). The molecule has 0 bridgehead atoms. The van der Waals surface area contributed by atoms with Crippen LogP contribution in [0, 0.1) is 0 Å². The number of nitrogens with one attached hydrogen (secondary N) is 3. The summed E-state index contributed by atoms with van der Waals surface area (Å²) >= 11 is 1.65. The minimum atomic E-state index is -0.335. The predicted octanol–water partition coefficient (Wildman–Crippen LogP) is -0.0351. The molecule has 3 N–H and O–H groups in total. The summed E-state index contributed by atoms with van der Waals surface area (Å²) in [5.74, 6) is 0.446. The first kappa shape index (κ1) is 14.3. The van der Waals surface area contributed by atoms with Gasteiger partial charge in [-0.05, 0) is 22.4 Å². The van der Waals surface area contributed by atoms with Gasteiger partial charge in [0.25, 0.3) is 0 Å². The summed E-state index contributed by atoms with van der Waals surface area (Å²) < 4.78 is 0. The molecular weight excluding hydrogens is 278 g/mol. The second-order valence-corrected chi connectivity index (χ2v) is 4.97. The van der Waals surface area contributed by atoms with Crippen LogP contribution in [0.15, 0.2) is 21.8 Å². The van der Waals surface area contributed by atoms with Gasteiger partial charge in [0.15, 0.2) is 5.96 Å². The third-order valence-corrected chi connectivity index (χ3v) is 3.56. The van der Waals surface area contributed by atoms with Crippen LogP contribution in [0.3, 0.4) is 0 Å². The molecule has 20 heavy (non-hydrogen) atoms. The molecule has 1 aromatic heterocycles.